The highest BCUT2D eigenvalue weighted by molar-refractivity contribution is 7.92. The van der Waals surface area contributed by atoms with Crippen LogP contribution in [0.3, 0.4) is 0 Å². The lowest BCUT2D eigenvalue weighted by molar-refractivity contribution is 0.0955. The van der Waals surface area contributed by atoms with E-state index in [0.717, 1.165) is 28.9 Å². The van der Waals surface area contributed by atoms with Crippen LogP contribution < -0.4 is 14.9 Å². The Balaban J connectivity index is 1.58. The summed E-state index contributed by atoms with van der Waals surface area (Å²) in [5.41, 5.74) is 5.77. The van der Waals surface area contributed by atoms with Gasteiger partial charge in [-0.3, -0.25) is 9.52 Å². The van der Waals surface area contributed by atoms with E-state index in [-0.39, 0.29) is 10.5 Å². The Bertz CT molecular complexity index is 1300. The van der Waals surface area contributed by atoms with Crippen molar-refractivity contribution in [3.8, 4) is 5.75 Å². The van der Waals surface area contributed by atoms with Crippen molar-refractivity contribution < 1.29 is 17.9 Å². The van der Waals surface area contributed by atoms with Gasteiger partial charge in [-0.1, -0.05) is 49.9 Å². The van der Waals surface area contributed by atoms with Crippen LogP contribution in [0.15, 0.2) is 76.7 Å². The molecule has 190 valence electrons. The number of carbonyl (C=O) groups excluding carboxylic acids is 1. The van der Waals surface area contributed by atoms with Crippen LogP contribution >= 0.6 is 0 Å². The number of nitrogens with one attached hydrogen (secondary N) is 2. The molecule has 7 nitrogen and oxygen atoms in total. The van der Waals surface area contributed by atoms with Crippen molar-refractivity contribution in [2.24, 2.45) is 5.10 Å². The quantitative estimate of drug-likeness (QED) is 0.183. The van der Waals surface area contributed by atoms with Crippen LogP contribution in [0.25, 0.3) is 0 Å². The van der Waals surface area contributed by atoms with Gasteiger partial charge in [0.05, 0.1) is 23.4 Å². The molecule has 3 rings (SSSR count). The summed E-state index contributed by atoms with van der Waals surface area (Å²) in [6.45, 7) is 6.65. The monoisotopic (exact) mass is 507 g/mol. The molecule has 0 radical (unpaired) electrons. The molecular weight excluding hydrogens is 474 g/mol. The number of hydrazone groups is 1. The van der Waals surface area contributed by atoms with E-state index in [1.165, 1.54) is 49.7 Å². The molecule has 1 amide bonds. The van der Waals surface area contributed by atoms with Crippen molar-refractivity contribution in [3.05, 3.63) is 89.0 Å². The maximum atomic E-state index is 12.9. The highest BCUT2D eigenvalue weighted by atomic mass is 32.2. The molecule has 0 saturated carbocycles. The Morgan fingerprint density at radius 2 is 1.75 bits per heavy atom. The molecule has 8 heteroatoms. The number of aryl methyl sites for hydroxylation is 2. The van der Waals surface area contributed by atoms with Gasteiger partial charge < -0.3 is 4.74 Å². The van der Waals surface area contributed by atoms with Gasteiger partial charge in [0.2, 0.25) is 0 Å². The molecule has 3 aromatic rings. The minimum absolute atomic E-state index is 0.00983. The molecule has 0 fully saturated rings. The van der Waals surface area contributed by atoms with Crippen molar-refractivity contribution in [2.45, 2.75) is 51.3 Å². The first-order chi connectivity index (χ1) is 17.3. The first-order valence-electron chi connectivity index (χ1n) is 12.0. The summed E-state index contributed by atoms with van der Waals surface area (Å²) >= 11 is 0. The number of benzene rings is 3. The minimum atomic E-state index is -3.86. The molecule has 0 aliphatic heterocycles. The second kappa shape index (κ2) is 12.9. The van der Waals surface area contributed by atoms with E-state index in [4.69, 9.17) is 4.74 Å². The molecular formula is C28H33N3O4S. The van der Waals surface area contributed by atoms with Crippen LogP contribution in [0.4, 0.5) is 5.69 Å². The SMILES string of the molecule is CCCCCCOc1ccc(C=NNC(=O)c2cccc(S(=O)(=O)Nc3ccc(C)cc3C)c2)cc1. The number of ether oxygens (including phenoxy) is 1. The highest BCUT2D eigenvalue weighted by Crippen LogP contribution is 2.21. The van der Waals surface area contributed by atoms with Gasteiger partial charge in [-0.25, -0.2) is 13.8 Å². The molecule has 0 aliphatic carbocycles. The summed E-state index contributed by atoms with van der Waals surface area (Å²) in [5.74, 6) is 0.280. The Kier molecular flexibility index (Phi) is 9.64. The number of sulfonamides is 1. The van der Waals surface area contributed by atoms with E-state index >= 15 is 0 Å². The zero-order chi connectivity index (χ0) is 26.0. The maximum Gasteiger partial charge on any atom is 0.271 e. The summed E-state index contributed by atoms with van der Waals surface area (Å²) in [5, 5.41) is 3.99. The van der Waals surface area contributed by atoms with Crippen molar-refractivity contribution >= 4 is 27.8 Å². The number of unbranched alkanes of at least 4 members (excludes halogenated alkanes) is 3. The second-order valence-electron chi connectivity index (χ2n) is 8.63. The average molecular weight is 508 g/mol. The molecule has 0 spiro atoms. The number of rotatable bonds is 12. The fourth-order valence-electron chi connectivity index (χ4n) is 3.54. The van der Waals surface area contributed by atoms with Crippen LogP contribution in [-0.4, -0.2) is 27.1 Å². The molecule has 0 saturated heterocycles. The smallest absolute Gasteiger partial charge is 0.271 e. The summed E-state index contributed by atoms with van der Waals surface area (Å²) in [7, 11) is -3.86. The normalized spacial score (nSPS) is 11.4. The molecule has 2 N–H and O–H groups in total. The van der Waals surface area contributed by atoms with Gasteiger partial charge in [0.1, 0.15) is 5.75 Å². The zero-order valence-electron chi connectivity index (χ0n) is 21.0. The van der Waals surface area contributed by atoms with E-state index in [0.29, 0.717) is 12.3 Å². The zero-order valence-corrected chi connectivity index (χ0v) is 21.8. The Hall–Kier alpha value is -3.65. The molecule has 0 aliphatic rings. The van der Waals surface area contributed by atoms with Crippen LogP contribution in [0, 0.1) is 13.8 Å². The molecule has 0 unspecified atom stereocenters. The lowest BCUT2D eigenvalue weighted by atomic mass is 10.1. The fourth-order valence-corrected chi connectivity index (χ4v) is 4.71. The minimum Gasteiger partial charge on any atom is -0.494 e. The van der Waals surface area contributed by atoms with E-state index in [2.05, 4.69) is 22.2 Å². The third-order valence-corrected chi connectivity index (χ3v) is 6.92. The Labute approximate surface area is 213 Å². The molecule has 0 aromatic heterocycles. The third-order valence-electron chi connectivity index (χ3n) is 5.56. The number of nitrogens with zero attached hydrogens (tertiary/aromatic N) is 1. The summed E-state index contributed by atoms with van der Waals surface area (Å²) in [4.78, 5) is 12.5. The first kappa shape index (κ1) is 26.9. The Morgan fingerprint density at radius 1 is 0.972 bits per heavy atom. The second-order valence-corrected chi connectivity index (χ2v) is 10.3. The van der Waals surface area contributed by atoms with Gasteiger partial charge in [-0.15, -0.1) is 0 Å². The number of anilines is 1. The van der Waals surface area contributed by atoms with Gasteiger partial charge in [0.15, 0.2) is 0 Å². The molecule has 36 heavy (non-hydrogen) atoms. The lowest BCUT2D eigenvalue weighted by Crippen LogP contribution is -2.19. The van der Waals surface area contributed by atoms with Crippen molar-refractivity contribution in [3.63, 3.8) is 0 Å². The van der Waals surface area contributed by atoms with Gasteiger partial charge in [0.25, 0.3) is 15.9 Å². The van der Waals surface area contributed by atoms with E-state index < -0.39 is 15.9 Å². The van der Waals surface area contributed by atoms with Crippen molar-refractivity contribution in [1.82, 2.24) is 5.43 Å². The first-order valence-corrected chi connectivity index (χ1v) is 13.5. The van der Waals surface area contributed by atoms with E-state index in [9.17, 15) is 13.2 Å². The topological polar surface area (TPSA) is 96.9 Å². The van der Waals surface area contributed by atoms with Crippen LogP contribution in [-0.2, 0) is 10.0 Å². The number of hydrogen-bond donors (Lipinski definition) is 2. The largest absolute Gasteiger partial charge is 0.494 e. The van der Waals surface area contributed by atoms with Crippen molar-refractivity contribution in [2.75, 3.05) is 11.3 Å². The standard InChI is InChI=1S/C28H33N3O4S/c1-4-5-6-7-17-35-25-14-12-23(13-15-25)20-29-30-28(32)24-9-8-10-26(19-24)36(33,34)31-27-16-11-21(2)18-22(27)3/h8-16,18-20,31H,4-7,17H2,1-3H3,(H,30,32). The fraction of sp³-hybridized carbons (Fsp3) is 0.286. The predicted octanol–water partition coefficient (Wildman–Crippen LogP) is 5.83. The lowest BCUT2D eigenvalue weighted by Gasteiger charge is -2.12. The molecule has 3 aromatic carbocycles. The molecule has 0 bridgehead atoms. The Morgan fingerprint density at radius 3 is 2.47 bits per heavy atom. The molecule has 0 atom stereocenters. The summed E-state index contributed by atoms with van der Waals surface area (Å²) < 4.78 is 34.1. The number of carbonyl (C=O) groups is 1. The molecule has 0 heterocycles. The average Bonchev–Trinajstić information content (AvgIpc) is 2.86. The predicted molar refractivity (Wildman–Crippen MR) is 144 cm³/mol. The highest BCUT2D eigenvalue weighted by Gasteiger charge is 2.17. The van der Waals surface area contributed by atoms with Gasteiger partial charge >= 0.3 is 0 Å². The van der Waals surface area contributed by atoms with E-state index in [1.54, 1.807) is 6.07 Å². The van der Waals surface area contributed by atoms with Gasteiger partial charge in [-0.2, -0.15) is 5.10 Å². The summed E-state index contributed by atoms with van der Waals surface area (Å²) in [6, 6.07) is 18.7. The van der Waals surface area contributed by atoms with Gasteiger partial charge in [-0.05, 0) is 79.9 Å². The maximum absolute atomic E-state index is 12.9. The van der Waals surface area contributed by atoms with Gasteiger partial charge in [0, 0.05) is 5.56 Å². The van der Waals surface area contributed by atoms with Crippen molar-refractivity contribution in [1.29, 1.82) is 0 Å². The summed E-state index contributed by atoms with van der Waals surface area (Å²) in [6.07, 6.45) is 6.13. The van der Waals surface area contributed by atoms with Crippen LogP contribution in [0.1, 0.15) is 59.7 Å². The van der Waals surface area contributed by atoms with Crippen LogP contribution in [0.2, 0.25) is 0 Å². The number of amides is 1. The van der Waals surface area contributed by atoms with Crippen LogP contribution in [0.5, 0.6) is 5.75 Å². The number of hydrogen-bond acceptors (Lipinski definition) is 5. The third kappa shape index (κ3) is 7.95. The van der Waals surface area contributed by atoms with E-state index in [1.807, 2.05) is 50.2 Å².